The molecule has 0 saturated heterocycles. The molecule has 0 aromatic rings. The van der Waals surface area contributed by atoms with Gasteiger partial charge in [-0.05, 0) is 32.1 Å². The Morgan fingerprint density at radius 2 is 1.38 bits per heavy atom. The summed E-state index contributed by atoms with van der Waals surface area (Å²) in [5.41, 5.74) is -0.208. The van der Waals surface area contributed by atoms with Gasteiger partial charge in [0.2, 0.25) is 0 Å². The molecule has 127 valence electrons. The maximum Gasteiger partial charge on any atom is 2.00 e. The summed E-state index contributed by atoms with van der Waals surface area (Å²) in [5, 5.41) is -0.392. The SMILES string of the molecule is CCC(C)(C)P(=O)(OC)OC.[CH2-]C(=O)C(C)(C)CC.[CH3-].[V+2]. The molecule has 0 aliphatic heterocycles. The minimum absolute atomic E-state index is 0. The van der Waals surface area contributed by atoms with Crippen LogP contribution in [0.4, 0.5) is 0 Å². The van der Waals surface area contributed by atoms with Crippen LogP contribution in [0.15, 0.2) is 0 Å². The number of carbonyl (C=O) groups excluding carboxylic acids is 1. The summed E-state index contributed by atoms with van der Waals surface area (Å²) >= 11 is 0. The van der Waals surface area contributed by atoms with Gasteiger partial charge >= 0.3 is 26.2 Å². The van der Waals surface area contributed by atoms with Crippen LogP contribution in [0.25, 0.3) is 0 Å². The van der Waals surface area contributed by atoms with Crippen LogP contribution in [-0.4, -0.2) is 25.2 Å². The van der Waals surface area contributed by atoms with Crippen molar-refractivity contribution in [1.82, 2.24) is 0 Å². The van der Waals surface area contributed by atoms with Gasteiger partial charge in [0.25, 0.3) is 0 Å². The molecule has 0 aliphatic rings. The van der Waals surface area contributed by atoms with Crippen LogP contribution in [0, 0.1) is 19.8 Å². The van der Waals surface area contributed by atoms with Gasteiger partial charge < -0.3 is 28.2 Å². The summed E-state index contributed by atoms with van der Waals surface area (Å²) in [7, 11) is -0.0474. The van der Waals surface area contributed by atoms with Crippen molar-refractivity contribution in [2.24, 2.45) is 5.41 Å². The van der Waals surface area contributed by atoms with E-state index >= 15 is 0 Å². The average Bonchev–Trinajstić information content (AvgIpc) is 2.37. The van der Waals surface area contributed by atoms with Crippen LogP contribution >= 0.6 is 7.60 Å². The van der Waals surface area contributed by atoms with Crippen molar-refractivity contribution in [3.8, 4) is 0 Å². The minimum atomic E-state index is -2.88. The Morgan fingerprint density at radius 3 is 1.43 bits per heavy atom. The van der Waals surface area contributed by atoms with Gasteiger partial charge in [0, 0.05) is 20.0 Å². The third-order valence-corrected chi connectivity index (χ3v) is 6.49. The van der Waals surface area contributed by atoms with Crippen LogP contribution in [0.2, 0.25) is 0 Å². The van der Waals surface area contributed by atoms with Gasteiger partial charge in [-0.2, -0.15) is 0 Å². The molecule has 0 aromatic heterocycles. The van der Waals surface area contributed by atoms with E-state index in [2.05, 4.69) is 6.92 Å². The van der Waals surface area contributed by atoms with E-state index in [9.17, 15) is 9.36 Å². The molecule has 4 nitrogen and oxygen atoms in total. The Hall–Kier alpha value is 0.274. The molecular weight excluding hydrogens is 326 g/mol. The molecule has 0 heterocycles. The monoisotopic (exact) mass is 359 g/mol. The zero-order valence-electron chi connectivity index (χ0n) is 15.1. The number of hydrogen-bond acceptors (Lipinski definition) is 4. The largest absolute Gasteiger partial charge is 2.00 e. The molecule has 0 atom stereocenters. The Labute approximate surface area is 144 Å². The van der Waals surface area contributed by atoms with E-state index in [1.54, 1.807) is 0 Å². The van der Waals surface area contributed by atoms with Crippen LogP contribution < -0.4 is 0 Å². The number of Topliss-reactive ketones (excluding diaryl/α,β-unsaturated/α-hetero) is 1. The predicted octanol–water partition coefficient (Wildman–Crippen LogP) is 4.93. The number of ketones is 1. The third-order valence-electron chi connectivity index (χ3n) is 3.73. The van der Waals surface area contributed by atoms with Crippen molar-refractivity contribution in [2.45, 2.75) is 59.5 Å². The third kappa shape index (κ3) is 9.10. The van der Waals surface area contributed by atoms with Gasteiger partial charge in [-0.1, -0.05) is 27.7 Å². The van der Waals surface area contributed by atoms with Crippen molar-refractivity contribution in [3.63, 3.8) is 0 Å². The van der Waals surface area contributed by atoms with E-state index < -0.39 is 12.8 Å². The molecule has 0 aliphatic carbocycles. The second kappa shape index (κ2) is 11.8. The molecule has 0 rings (SSSR count). The number of carbonyl (C=O) groups is 1. The molecule has 1 radical (unpaired) electrons. The summed E-state index contributed by atoms with van der Waals surface area (Å²) in [5.74, 6) is 0.0278. The second-order valence-corrected chi connectivity index (χ2v) is 8.63. The normalized spacial score (nSPS) is 11.4. The Morgan fingerprint density at radius 1 is 1.05 bits per heavy atom. The van der Waals surface area contributed by atoms with Crippen LogP contribution in [0.1, 0.15) is 54.4 Å². The first-order chi connectivity index (χ1) is 8.44. The molecule has 0 bridgehead atoms. The summed E-state index contributed by atoms with van der Waals surface area (Å²) in [6.07, 6.45) is 1.64. The molecule has 0 amide bonds. The van der Waals surface area contributed by atoms with Crippen molar-refractivity contribution in [3.05, 3.63) is 14.4 Å². The van der Waals surface area contributed by atoms with Gasteiger partial charge in [-0.25, -0.2) is 0 Å². The number of hydrogen-bond donors (Lipinski definition) is 0. The van der Waals surface area contributed by atoms with E-state index in [1.807, 2.05) is 41.5 Å². The Kier molecular flexibility index (Phi) is 16.5. The smallest absolute Gasteiger partial charge is 0.358 e. The Bertz CT molecular complexity index is 320. The molecule has 0 N–H and O–H groups in total. The van der Waals surface area contributed by atoms with Gasteiger partial charge in [-0.15, -0.1) is 0 Å². The summed E-state index contributed by atoms with van der Waals surface area (Å²) in [4.78, 5) is 10.6. The molecule has 0 aromatic carbocycles. The quantitative estimate of drug-likeness (QED) is 0.498. The first-order valence-electron chi connectivity index (χ1n) is 6.52. The van der Waals surface area contributed by atoms with Gasteiger partial charge in [0.1, 0.15) is 0 Å². The van der Waals surface area contributed by atoms with Gasteiger partial charge in [-0.3, -0.25) is 4.57 Å². The van der Waals surface area contributed by atoms with E-state index in [1.165, 1.54) is 14.2 Å². The number of rotatable bonds is 6. The first kappa shape index (κ1) is 29.3. The standard InChI is InChI=1S/C7H17O3P.C7H13O.CH3.V/c1-6-7(2,3)11(8,9-4)10-5;1-5-7(3,4)6(2)8;;/h6H2,1-5H3;2,5H2,1,3-4H3;1H3;/q;2*-1;+2. The molecule has 0 saturated carbocycles. The fraction of sp³-hybridized carbons (Fsp3) is 0.800. The maximum absolute atomic E-state index is 11.8. The van der Waals surface area contributed by atoms with Gasteiger partial charge in [0.15, 0.2) is 0 Å². The van der Waals surface area contributed by atoms with Gasteiger partial charge in [0.05, 0.1) is 5.16 Å². The van der Waals surface area contributed by atoms with Crippen molar-refractivity contribution in [1.29, 1.82) is 0 Å². The zero-order valence-corrected chi connectivity index (χ0v) is 17.4. The molecule has 0 spiro atoms. The maximum atomic E-state index is 11.8. The topological polar surface area (TPSA) is 52.6 Å². The predicted molar refractivity (Wildman–Crippen MR) is 86.8 cm³/mol. The molecular formula is C15H33O4PV. The fourth-order valence-corrected chi connectivity index (χ4v) is 2.48. The average molecular weight is 359 g/mol. The van der Waals surface area contributed by atoms with Crippen LogP contribution in [0.3, 0.4) is 0 Å². The molecule has 21 heavy (non-hydrogen) atoms. The molecule has 0 unspecified atom stereocenters. The minimum Gasteiger partial charge on any atom is -0.358 e. The second-order valence-electron chi connectivity index (χ2n) is 5.69. The summed E-state index contributed by atoms with van der Waals surface area (Å²) in [6.45, 7) is 14.9. The summed E-state index contributed by atoms with van der Waals surface area (Å²) in [6, 6.07) is 0. The fourth-order valence-electron chi connectivity index (χ4n) is 0.960. The zero-order chi connectivity index (χ0) is 15.9. The van der Waals surface area contributed by atoms with Crippen molar-refractivity contribution in [2.75, 3.05) is 14.2 Å². The van der Waals surface area contributed by atoms with Crippen LogP contribution in [0.5, 0.6) is 0 Å². The van der Waals surface area contributed by atoms with E-state index in [-0.39, 0.29) is 37.2 Å². The summed E-state index contributed by atoms with van der Waals surface area (Å²) < 4.78 is 21.5. The van der Waals surface area contributed by atoms with E-state index in [4.69, 9.17) is 9.05 Å². The van der Waals surface area contributed by atoms with Crippen LogP contribution in [-0.2, 0) is 37.0 Å². The Balaban J connectivity index is -0.000000131. The van der Waals surface area contributed by atoms with Crippen molar-refractivity contribution >= 4 is 13.4 Å². The van der Waals surface area contributed by atoms with E-state index in [0.717, 1.165) is 12.8 Å². The molecule has 0 fully saturated rings. The van der Waals surface area contributed by atoms with Crippen molar-refractivity contribution < 1.29 is 37.0 Å². The van der Waals surface area contributed by atoms with E-state index in [0.29, 0.717) is 0 Å². The molecule has 6 heteroatoms. The first-order valence-corrected chi connectivity index (χ1v) is 8.06.